The summed E-state index contributed by atoms with van der Waals surface area (Å²) in [5.41, 5.74) is 1.42. The van der Waals surface area contributed by atoms with Gasteiger partial charge in [0.1, 0.15) is 0 Å². The number of aliphatic hydroxyl groups excluding tert-OH is 1. The highest BCUT2D eigenvalue weighted by Gasteiger charge is 2.40. The zero-order valence-electron chi connectivity index (χ0n) is 9.69. The minimum absolute atomic E-state index is 0.0583. The molecule has 0 aromatic carbocycles. The SMILES string of the molecule is O=C1C=C2CCC3CC(O)CCC3C2CC1. The van der Waals surface area contributed by atoms with E-state index in [9.17, 15) is 9.90 Å². The van der Waals surface area contributed by atoms with Crippen LogP contribution < -0.4 is 0 Å². The van der Waals surface area contributed by atoms with Gasteiger partial charge in [0.05, 0.1) is 6.10 Å². The first-order valence-electron chi connectivity index (χ1n) is 6.65. The van der Waals surface area contributed by atoms with Crippen molar-refractivity contribution in [3.63, 3.8) is 0 Å². The molecule has 3 aliphatic rings. The standard InChI is InChI=1S/C14H20O2/c15-11-3-5-13-9(7-11)1-2-10-8-12(16)4-6-14(10)13/h7,10,12-14,16H,1-6,8H2. The predicted octanol–water partition coefficient (Wildman–Crippen LogP) is 2.46. The van der Waals surface area contributed by atoms with E-state index < -0.39 is 0 Å². The molecule has 3 aliphatic carbocycles. The van der Waals surface area contributed by atoms with Crippen LogP contribution in [0.1, 0.15) is 44.9 Å². The van der Waals surface area contributed by atoms with Crippen molar-refractivity contribution in [2.24, 2.45) is 17.8 Å². The van der Waals surface area contributed by atoms with Crippen molar-refractivity contribution < 1.29 is 9.90 Å². The van der Waals surface area contributed by atoms with Gasteiger partial charge in [-0.2, -0.15) is 0 Å². The monoisotopic (exact) mass is 220 g/mol. The fourth-order valence-electron chi connectivity index (χ4n) is 4.09. The molecular weight excluding hydrogens is 200 g/mol. The quantitative estimate of drug-likeness (QED) is 0.681. The van der Waals surface area contributed by atoms with E-state index in [0.29, 0.717) is 11.7 Å². The first kappa shape index (κ1) is 10.5. The lowest BCUT2D eigenvalue weighted by Gasteiger charge is -2.45. The third kappa shape index (κ3) is 1.73. The van der Waals surface area contributed by atoms with E-state index in [1.807, 2.05) is 6.08 Å². The van der Waals surface area contributed by atoms with Crippen molar-refractivity contribution in [2.45, 2.75) is 51.0 Å². The third-order valence-corrected chi connectivity index (χ3v) is 4.86. The molecule has 16 heavy (non-hydrogen) atoms. The average molecular weight is 220 g/mol. The highest BCUT2D eigenvalue weighted by molar-refractivity contribution is 5.91. The summed E-state index contributed by atoms with van der Waals surface area (Å²) in [5.74, 6) is 2.49. The number of aliphatic hydroxyl groups is 1. The van der Waals surface area contributed by atoms with E-state index in [1.54, 1.807) is 0 Å². The Morgan fingerprint density at radius 1 is 1.12 bits per heavy atom. The van der Waals surface area contributed by atoms with Crippen LogP contribution in [-0.4, -0.2) is 17.0 Å². The van der Waals surface area contributed by atoms with E-state index in [4.69, 9.17) is 0 Å². The summed E-state index contributed by atoms with van der Waals surface area (Å²) in [4.78, 5) is 11.4. The first-order valence-corrected chi connectivity index (χ1v) is 6.65. The Morgan fingerprint density at radius 2 is 2.00 bits per heavy atom. The maximum Gasteiger partial charge on any atom is 0.155 e. The molecule has 0 spiro atoms. The molecule has 2 fully saturated rings. The molecule has 2 saturated carbocycles. The van der Waals surface area contributed by atoms with E-state index in [1.165, 1.54) is 18.4 Å². The number of carbonyl (C=O) groups is 1. The lowest BCUT2D eigenvalue weighted by atomic mass is 9.61. The number of allylic oxidation sites excluding steroid dienone is 2. The second-order valence-electron chi connectivity index (χ2n) is 5.76. The minimum Gasteiger partial charge on any atom is -0.393 e. The van der Waals surface area contributed by atoms with E-state index >= 15 is 0 Å². The van der Waals surface area contributed by atoms with Crippen molar-refractivity contribution in [1.82, 2.24) is 0 Å². The van der Waals surface area contributed by atoms with Gasteiger partial charge in [0.2, 0.25) is 0 Å². The van der Waals surface area contributed by atoms with E-state index in [-0.39, 0.29) is 6.10 Å². The van der Waals surface area contributed by atoms with Crippen LogP contribution >= 0.6 is 0 Å². The van der Waals surface area contributed by atoms with Crippen LogP contribution in [0.3, 0.4) is 0 Å². The summed E-state index contributed by atoms with van der Waals surface area (Å²) >= 11 is 0. The lowest BCUT2D eigenvalue weighted by Crippen LogP contribution is -2.38. The molecule has 0 radical (unpaired) electrons. The Morgan fingerprint density at radius 3 is 2.88 bits per heavy atom. The van der Waals surface area contributed by atoms with Gasteiger partial charge in [0.25, 0.3) is 0 Å². The Balaban J connectivity index is 1.81. The maximum absolute atomic E-state index is 11.4. The molecule has 0 aromatic heterocycles. The third-order valence-electron chi connectivity index (χ3n) is 4.86. The van der Waals surface area contributed by atoms with Gasteiger partial charge in [0, 0.05) is 6.42 Å². The van der Waals surface area contributed by atoms with Crippen molar-refractivity contribution in [3.05, 3.63) is 11.6 Å². The fraction of sp³-hybridized carbons (Fsp3) is 0.786. The van der Waals surface area contributed by atoms with Gasteiger partial charge in [-0.3, -0.25) is 4.79 Å². The normalized spacial score (nSPS) is 43.3. The van der Waals surface area contributed by atoms with E-state index in [2.05, 4.69) is 0 Å². The summed E-state index contributed by atoms with van der Waals surface area (Å²) < 4.78 is 0. The fourth-order valence-corrected chi connectivity index (χ4v) is 4.09. The molecule has 1 N–H and O–H groups in total. The molecule has 0 bridgehead atoms. The second kappa shape index (κ2) is 3.99. The highest BCUT2D eigenvalue weighted by atomic mass is 16.3. The second-order valence-corrected chi connectivity index (χ2v) is 5.76. The van der Waals surface area contributed by atoms with Crippen molar-refractivity contribution in [1.29, 1.82) is 0 Å². The molecule has 2 nitrogen and oxygen atoms in total. The van der Waals surface area contributed by atoms with Gasteiger partial charge in [0.15, 0.2) is 5.78 Å². The lowest BCUT2D eigenvalue weighted by molar-refractivity contribution is -0.115. The summed E-state index contributed by atoms with van der Waals surface area (Å²) in [7, 11) is 0. The zero-order valence-corrected chi connectivity index (χ0v) is 9.69. The van der Waals surface area contributed by atoms with Crippen LogP contribution in [0, 0.1) is 17.8 Å². The molecule has 0 heterocycles. The van der Waals surface area contributed by atoms with Gasteiger partial charge >= 0.3 is 0 Å². The number of hydrogen-bond acceptors (Lipinski definition) is 2. The Kier molecular flexibility index (Phi) is 2.62. The summed E-state index contributed by atoms with van der Waals surface area (Å²) in [6.07, 6.45) is 9.12. The molecule has 0 amide bonds. The zero-order chi connectivity index (χ0) is 11.1. The average Bonchev–Trinajstić information content (AvgIpc) is 2.28. The number of hydrogen-bond donors (Lipinski definition) is 1. The highest BCUT2D eigenvalue weighted by Crippen LogP contribution is 2.48. The Bertz CT molecular complexity index is 332. The van der Waals surface area contributed by atoms with Crippen LogP contribution in [-0.2, 0) is 4.79 Å². The van der Waals surface area contributed by atoms with Crippen molar-refractivity contribution in [3.8, 4) is 0 Å². The Hall–Kier alpha value is -0.630. The minimum atomic E-state index is -0.0583. The van der Waals surface area contributed by atoms with Gasteiger partial charge in [-0.15, -0.1) is 0 Å². The molecule has 0 saturated heterocycles. The summed E-state index contributed by atoms with van der Waals surface area (Å²) in [6, 6.07) is 0. The molecular formula is C14H20O2. The van der Waals surface area contributed by atoms with Crippen LogP contribution in [0.2, 0.25) is 0 Å². The molecule has 0 aromatic rings. The number of rotatable bonds is 0. The topological polar surface area (TPSA) is 37.3 Å². The number of ketones is 1. The number of fused-ring (bicyclic) bond motifs is 3. The Labute approximate surface area is 96.7 Å². The van der Waals surface area contributed by atoms with Crippen LogP contribution in [0.25, 0.3) is 0 Å². The summed E-state index contributed by atoms with van der Waals surface area (Å²) in [5, 5.41) is 9.72. The van der Waals surface area contributed by atoms with Crippen molar-refractivity contribution >= 4 is 5.78 Å². The van der Waals surface area contributed by atoms with Crippen LogP contribution in [0.15, 0.2) is 11.6 Å². The van der Waals surface area contributed by atoms with Gasteiger partial charge in [-0.25, -0.2) is 0 Å². The first-order chi connectivity index (χ1) is 7.74. The molecule has 4 atom stereocenters. The molecule has 88 valence electrons. The van der Waals surface area contributed by atoms with Crippen LogP contribution in [0.4, 0.5) is 0 Å². The largest absolute Gasteiger partial charge is 0.393 e. The number of carbonyl (C=O) groups excluding carboxylic acids is 1. The van der Waals surface area contributed by atoms with Crippen molar-refractivity contribution in [2.75, 3.05) is 0 Å². The molecule has 4 unspecified atom stereocenters. The summed E-state index contributed by atoms with van der Waals surface area (Å²) in [6.45, 7) is 0. The molecule has 3 rings (SSSR count). The van der Waals surface area contributed by atoms with E-state index in [0.717, 1.165) is 43.9 Å². The molecule has 2 heteroatoms. The smallest absolute Gasteiger partial charge is 0.155 e. The molecule has 0 aliphatic heterocycles. The van der Waals surface area contributed by atoms with Gasteiger partial charge in [-0.1, -0.05) is 5.57 Å². The van der Waals surface area contributed by atoms with Gasteiger partial charge < -0.3 is 5.11 Å². The van der Waals surface area contributed by atoms with Gasteiger partial charge in [-0.05, 0) is 62.4 Å². The van der Waals surface area contributed by atoms with Crippen LogP contribution in [0.5, 0.6) is 0 Å². The predicted molar refractivity (Wildman–Crippen MR) is 61.9 cm³/mol. The maximum atomic E-state index is 11.4.